The molecule has 1 aromatic carbocycles. The van der Waals surface area contributed by atoms with E-state index >= 15 is 0 Å². The van der Waals surface area contributed by atoms with Gasteiger partial charge in [0.2, 0.25) is 0 Å². The summed E-state index contributed by atoms with van der Waals surface area (Å²) in [6.45, 7) is 15.2. The second kappa shape index (κ2) is 10.8. The van der Waals surface area contributed by atoms with Crippen LogP contribution in [-0.2, 0) is 13.1 Å². The van der Waals surface area contributed by atoms with Gasteiger partial charge in [0.1, 0.15) is 0 Å². The van der Waals surface area contributed by atoms with Crippen molar-refractivity contribution in [1.29, 1.82) is 0 Å². The highest BCUT2D eigenvalue weighted by atomic mass is 127. The van der Waals surface area contributed by atoms with Gasteiger partial charge in [-0.05, 0) is 36.3 Å². The third kappa shape index (κ3) is 8.23. The maximum Gasteiger partial charge on any atom is 0.189 e. The van der Waals surface area contributed by atoms with Crippen molar-refractivity contribution >= 4 is 29.9 Å². The number of benzene rings is 1. The van der Waals surface area contributed by atoms with E-state index in [1.165, 1.54) is 30.6 Å². The summed E-state index contributed by atoms with van der Waals surface area (Å²) in [5.41, 5.74) is 9.43. The molecular weight excluding hydrogens is 423 g/mol. The molecule has 1 saturated heterocycles. The van der Waals surface area contributed by atoms with E-state index < -0.39 is 0 Å². The lowest BCUT2D eigenvalue weighted by atomic mass is 9.91. The molecule has 1 heterocycles. The molecule has 5 heteroatoms. The predicted molar refractivity (Wildman–Crippen MR) is 118 cm³/mol. The van der Waals surface area contributed by atoms with Crippen LogP contribution in [0.3, 0.4) is 0 Å². The van der Waals surface area contributed by atoms with Gasteiger partial charge in [-0.3, -0.25) is 4.90 Å². The number of nitrogens with two attached hydrogens (primary N) is 1. The van der Waals surface area contributed by atoms with Crippen molar-refractivity contribution < 1.29 is 0 Å². The number of likely N-dealkylation sites (tertiary alicyclic amines) is 1. The zero-order valence-corrected chi connectivity index (χ0v) is 18.1. The van der Waals surface area contributed by atoms with E-state index in [1.807, 2.05) is 6.92 Å². The second-order valence-electron chi connectivity index (χ2n) is 7.47. The van der Waals surface area contributed by atoms with Crippen LogP contribution in [0.1, 0.15) is 38.3 Å². The minimum atomic E-state index is 0. The quantitative estimate of drug-likeness (QED) is 0.297. The molecule has 4 nitrogen and oxygen atoms in total. The molecule has 0 amide bonds. The Morgan fingerprint density at radius 2 is 1.76 bits per heavy atom. The maximum atomic E-state index is 5.84. The normalized spacial score (nSPS) is 21.5. The van der Waals surface area contributed by atoms with Crippen LogP contribution in [0.5, 0.6) is 0 Å². The Balaban J connectivity index is 0.00000312. The van der Waals surface area contributed by atoms with Gasteiger partial charge in [0.15, 0.2) is 5.96 Å². The monoisotopic (exact) mass is 456 g/mol. The van der Waals surface area contributed by atoms with Gasteiger partial charge in [-0.2, -0.15) is 0 Å². The highest BCUT2D eigenvalue weighted by Gasteiger charge is 2.21. The molecule has 0 radical (unpaired) electrons. The second-order valence-corrected chi connectivity index (χ2v) is 7.47. The SMILES string of the molecule is C=C(C)CNC(N)=NCc1ccc(CN2CC(C)CC(C)C2)cc1.I. The van der Waals surface area contributed by atoms with E-state index in [4.69, 9.17) is 5.73 Å². The number of nitrogens with zero attached hydrogens (tertiary/aromatic N) is 2. The fraction of sp³-hybridized carbons (Fsp3) is 0.550. The topological polar surface area (TPSA) is 53.6 Å². The number of piperidine rings is 1. The summed E-state index contributed by atoms with van der Waals surface area (Å²) < 4.78 is 0. The van der Waals surface area contributed by atoms with Gasteiger partial charge < -0.3 is 11.1 Å². The Hall–Kier alpha value is -1.08. The molecule has 0 aromatic heterocycles. The third-order valence-electron chi connectivity index (χ3n) is 4.38. The molecule has 1 aliphatic rings. The van der Waals surface area contributed by atoms with E-state index in [-0.39, 0.29) is 24.0 Å². The predicted octanol–water partition coefficient (Wildman–Crippen LogP) is 3.76. The van der Waals surface area contributed by atoms with E-state index in [0.29, 0.717) is 19.0 Å². The average molecular weight is 456 g/mol. The number of guanidine groups is 1. The Kier molecular flexibility index (Phi) is 9.50. The largest absolute Gasteiger partial charge is 0.370 e. The average Bonchev–Trinajstić information content (AvgIpc) is 2.51. The summed E-state index contributed by atoms with van der Waals surface area (Å²) in [6.07, 6.45) is 1.36. The Morgan fingerprint density at radius 3 is 2.32 bits per heavy atom. The molecule has 140 valence electrons. The molecule has 0 saturated carbocycles. The van der Waals surface area contributed by atoms with Crippen molar-refractivity contribution in [2.45, 2.75) is 40.3 Å². The van der Waals surface area contributed by atoms with E-state index in [1.54, 1.807) is 0 Å². The summed E-state index contributed by atoms with van der Waals surface area (Å²) in [7, 11) is 0. The molecule has 1 aromatic rings. The molecule has 1 aliphatic heterocycles. The van der Waals surface area contributed by atoms with Gasteiger partial charge in [0.25, 0.3) is 0 Å². The highest BCUT2D eigenvalue weighted by molar-refractivity contribution is 14.0. The van der Waals surface area contributed by atoms with Crippen LogP contribution in [0.15, 0.2) is 41.4 Å². The van der Waals surface area contributed by atoms with Gasteiger partial charge in [0.05, 0.1) is 6.54 Å². The van der Waals surface area contributed by atoms with Gasteiger partial charge in [-0.25, -0.2) is 4.99 Å². The lowest BCUT2D eigenvalue weighted by Crippen LogP contribution is -2.38. The summed E-state index contributed by atoms with van der Waals surface area (Å²) in [5, 5.41) is 3.05. The third-order valence-corrected chi connectivity index (χ3v) is 4.38. The zero-order valence-electron chi connectivity index (χ0n) is 15.8. The smallest absolute Gasteiger partial charge is 0.189 e. The van der Waals surface area contributed by atoms with Crippen molar-refractivity contribution in [2.24, 2.45) is 22.6 Å². The molecule has 2 atom stereocenters. The lowest BCUT2D eigenvalue weighted by molar-refractivity contribution is 0.134. The van der Waals surface area contributed by atoms with Crippen LogP contribution in [0.4, 0.5) is 0 Å². The van der Waals surface area contributed by atoms with Crippen LogP contribution < -0.4 is 11.1 Å². The number of rotatable bonds is 6. The molecule has 3 N–H and O–H groups in total. The van der Waals surface area contributed by atoms with Crippen LogP contribution in [-0.4, -0.2) is 30.5 Å². The minimum Gasteiger partial charge on any atom is -0.370 e. The molecule has 0 bridgehead atoms. The van der Waals surface area contributed by atoms with Crippen LogP contribution >= 0.6 is 24.0 Å². The van der Waals surface area contributed by atoms with E-state index in [9.17, 15) is 0 Å². The molecule has 0 spiro atoms. The van der Waals surface area contributed by atoms with Crippen LogP contribution in [0, 0.1) is 11.8 Å². The first-order valence-electron chi connectivity index (χ1n) is 8.90. The number of hydrogen-bond acceptors (Lipinski definition) is 2. The fourth-order valence-corrected chi connectivity index (χ4v) is 3.40. The molecule has 0 aliphatic carbocycles. The summed E-state index contributed by atoms with van der Waals surface area (Å²) >= 11 is 0. The van der Waals surface area contributed by atoms with Crippen LogP contribution in [0.25, 0.3) is 0 Å². The van der Waals surface area contributed by atoms with Gasteiger partial charge in [-0.15, -0.1) is 24.0 Å². The Bertz CT molecular complexity index is 558. The van der Waals surface area contributed by atoms with Crippen molar-refractivity contribution in [3.8, 4) is 0 Å². The Labute approximate surface area is 170 Å². The van der Waals surface area contributed by atoms with Gasteiger partial charge in [-0.1, -0.05) is 50.3 Å². The number of nitrogens with one attached hydrogen (secondary N) is 1. The summed E-state index contributed by atoms with van der Waals surface area (Å²) in [5.74, 6) is 2.08. The molecule has 1 fully saturated rings. The minimum absolute atomic E-state index is 0. The van der Waals surface area contributed by atoms with Crippen molar-refractivity contribution in [3.05, 3.63) is 47.5 Å². The standard InChI is InChI=1S/C20H32N4.HI/c1-15(2)10-22-20(21)23-11-18-5-7-19(8-6-18)14-24-12-16(3)9-17(4)13-24;/h5-8,16-17H,1,9-14H2,2-4H3,(H3,21,22,23);1H. The number of halogens is 1. The number of hydrogen-bond donors (Lipinski definition) is 2. The molecule has 25 heavy (non-hydrogen) atoms. The zero-order chi connectivity index (χ0) is 17.5. The highest BCUT2D eigenvalue weighted by Crippen LogP contribution is 2.22. The first-order valence-corrected chi connectivity index (χ1v) is 8.90. The van der Waals surface area contributed by atoms with E-state index in [0.717, 1.165) is 24.0 Å². The van der Waals surface area contributed by atoms with Crippen molar-refractivity contribution in [1.82, 2.24) is 10.2 Å². The van der Waals surface area contributed by atoms with Crippen LogP contribution in [0.2, 0.25) is 0 Å². The summed E-state index contributed by atoms with van der Waals surface area (Å²) in [6, 6.07) is 8.74. The van der Waals surface area contributed by atoms with Crippen molar-refractivity contribution in [3.63, 3.8) is 0 Å². The maximum absolute atomic E-state index is 5.84. The first-order chi connectivity index (χ1) is 11.4. The fourth-order valence-electron chi connectivity index (χ4n) is 3.40. The molecule has 2 rings (SSSR count). The summed E-state index contributed by atoms with van der Waals surface area (Å²) in [4.78, 5) is 6.94. The first kappa shape index (κ1) is 22.0. The number of aliphatic imine (C=N–C) groups is 1. The molecule has 2 unspecified atom stereocenters. The van der Waals surface area contributed by atoms with E-state index in [2.05, 4.69) is 59.9 Å². The lowest BCUT2D eigenvalue weighted by Gasteiger charge is -2.35. The van der Waals surface area contributed by atoms with Gasteiger partial charge >= 0.3 is 0 Å². The van der Waals surface area contributed by atoms with Gasteiger partial charge in [0, 0.05) is 26.2 Å². The Morgan fingerprint density at radius 1 is 1.20 bits per heavy atom. The van der Waals surface area contributed by atoms with Crippen molar-refractivity contribution in [2.75, 3.05) is 19.6 Å². The molecular formula is C20H33IN4.